The lowest BCUT2D eigenvalue weighted by Gasteiger charge is -2.37. The topological polar surface area (TPSA) is 72.4 Å². The third kappa shape index (κ3) is 3.03. The summed E-state index contributed by atoms with van der Waals surface area (Å²) in [5, 5.41) is 11.2. The summed E-state index contributed by atoms with van der Waals surface area (Å²) in [4.78, 5) is 12.6. The van der Waals surface area contributed by atoms with Gasteiger partial charge in [-0.3, -0.25) is 10.1 Å². The maximum atomic E-state index is 13.8. The second kappa shape index (κ2) is 6.21. The number of anilines is 1. The monoisotopic (exact) mass is 393 g/mol. The number of hydrogen-bond acceptors (Lipinski definition) is 4. The lowest BCUT2D eigenvalue weighted by molar-refractivity contribution is -0.384. The Morgan fingerprint density at radius 3 is 2.90 bits per heavy atom. The molecule has 0 amide bonds. The molecule has 7 heteroatoms. The van der Waals surface area contributed by atoms with Gasteiger partial charge in [-0.1, -0.05) is 13.3 Å². The van der Waals surface area contributed by atoms with Gasteiger partial charge in [-0.25, -0.2) is 4.39 Å². The van der Waals surface area contributed by atoms with Crippen LogP contribution in [0.3, 0.4) is 0 Å². The second-order valence-corrected chi connectivity index (χ2v) is 6.24. The van der Waals surface area contributed by atoms with Gasteiger partial charge in [0.1, 0.15) is 11.5 Å². The summed E-state index contributed by atoms with van der Waals surface area (Å²) in [6.45, 7) is 3.31. The van der Waals surface area contributed by atoms with Crippen molar-refractivity contribution < 1.29 is 9.31 Å². The summed E-state index contributed by atoms with van der Waals surface area (Å²) in [6.07, 6.45) is 1.68. The highest BCUT2D eigenvalue weighted by Crippen LogP contribution is 2.34. The Hall–Kier alpha value is -0.960. The number of nitro groups is 1. The van der Waals surface area contributed by atoms with E-state index in [0.717, 1.165) is 12.8 Å². The lowest BCUT2D eigenvalue weighted by Crippen LogP contribution is -2.47. The van der Waals surface area contributed by atoms with E-state index in [-0.39, 0.29) is 21.2 Å². The lowest BCUT2D eigenvalue weighted by atomic mass is 9.90. The predicted molar refractivity (Wildman–Crippen MR) is 84.4 cm³/mol. The molecule has 1 aromatic carbocycles. The summed E-state index contributed by atoms with van der Waals surface area (Å²) in [5.41, 5.74) is 6.36. The van der Waals surface area contributed by atoms with Crippen molar-refractivity contribution in [1.29, 1.82) is 0 Å². The van der Waals surface area contributed by atoms with Gasteiger partial charge in [0.15, 0.2) is 0 Å². The standard InChI is InChI=1S/C13H17FIN3O2/c1-2-8-7-17(4-3-11(8)16)12-5-9(14)10(15)6-13(12)18(19)20/h5-6,8,11H,2-4,7,16H2,1H3. The Labute approximate surface area is 130 Å². The van der Waals surface area contributed by atoms with Crippen molar-refractivity contribution in [2.45, 2.75) is 25.8 Å². The number of piperidine rings is 1. The summed E-state index contributed by atoms with van der Waals surface area (Å²) < 4.78 is 14.0. The van der Waals surface area contributed by atoms with Gasteiger partial charge in [0, 0.05) is 31.3 Å². The van der Waals surface area contributed by atoms with E-state index in [9.17, 15) is 14.5 Å². The minimum absolute atomic E-state index is 0.0406. The van der Waals surface area contributed by atoms with Crippen LogP contribution in [0.4, 0.5) is 15.8 Å². The minimum atomic E-state index is -0.452. The Kier molecular flexibility index (Phi) is 4.79. The van der Waals surface area contributed by atoms with Crippen LogP contribution in [0.25, 0.3) is 0 Å². The van der Waals surface area contributed by atoms with Crippen LogP contribution in [0.2, 0.25) is 0 Å². The Balaban J connectivity index is 2.36. The molecule has 0 spiro atoms. The van der Waals surface area contributed by atoms with Gasteiger partial charge in [0.2, 0.25) is 0 Å². The number of halogens is 2. The molecule has 0 radical (unpaired) electrons. The van der Waals surface area contributed by atoms with Crippen molar-refractivity contribution in [1.82, 2.24) is 0 Å². The van der Waals surface area contributed by atoms with Crippen LogP contribution >= 0.6 is 22.6 Å². The molecule has 20 heavy (non-hydrogen) atoms. The predicted octanol–water partition coefficient (Wildman–Crippen LogP) is 2.90. The smallest absolute Gasteiger partial charge is 0.293 e. The van der Waals surface area contributed by atoms with Crippen LogP contribution in [-0.4, -0.2) is 24.1 Å². The largest absolute Gasteiger partial charge is 0.366 e. The van der Waals surface area contributed by atoms with Crippen molar-refractivity contribution in [2.24, 2.45) is 11.7 Å². The molecule has 0 aromatic heterocycles. The highest BCUT2D eigenvalue weighted by molar-refractivity contribution is 14.1. The molecule has 2 rings (SSSR count). The molecular weight excluding hydrogens is 376 g/mol. The first-order valence-corrected chi connectivity index (χ1v) is 7.65. The van der Waals surface area contributed by atoms with Gasteiger partial charge >= 0.3 is 0 Å². The van der Waals surface area contributed by atoms with Crippen molar-refractivity contribution in [3.8, 4) is 0 Å². The van der Waals surface area contributed by atoms with Crippen LogP contribution in [0, 0.1) is 25.4 Å². The van der Waals surface area contributed by atoms with Gasteiger partial charge in [-0.15, -0.1) is 0 Å². The first kappa shape index (κ1) is 15.4. The van der Waals surface area contributed by atoms with Gasteiger partial charge < -0.3 is 10.6 Å². The fourth-order valence-electron chi connectivity index (χ4n) is 2.63. The van der Waals surface area contributed by atoms with Gasteiger partial charge in [0.25, 0.3) is 5.69 Å². The first-order chi connectivity index (χ1) is 9.43. The van der Waals surface area contributed by atoms with Crippen molar-refractivity contribution >= 4 is 34.0 Å². The van der Waals surface area contributed by atoms with Crippen LogP contribution in [-0.2, 0) is 0 Å². The fraction of sp³-hybridized carbons (Fsp3) is 0.538. The van der Waals surface area contributed by atoms with Crippen molar-refractivity contribution in [3.63, 3.8) is 0 Å². The summed E-state index contributed by atoms with van der Waals surface area (Å²) in [7, 11) is 0. The normalized spacial score (nSPS) is 22.9. The van der Waals surface area contributed by atoms with E-state index in [1.54, 1.807) is 22.6 Å². The summed E-state index contributed by atoms with van der Waals surface area (Å²) in [5.74, 6) is -0.139. The molecule has 0 aliphatic carbocycles. The van der Waals surface area contributed by atoms with E-state index in [0.29, 0.717) is 18.8 Å². The quantitative estimate of drug-likeness (QED) is 0.487. The maximum Gasteiger partial charge on any atom is 0.293 e. The Morgan fingerprint density at radius 2 is 2.30 bits per heavy atom. The van der Waals surface area contributed by atoms with E-state index < -0.39 is 10.7 Å². The van der Waals surface area contributed by atoms with Crippen LogP contribution < -0.4 is 10.6 Å². The highest BCUT2D eigenvalue weighted by Gasteiger charge is 2.30. The van der Waals surface area contributed by atoms with Crippen molar-refractivity contribution in [2.75, 3.05) is 18.0 Å². The zero-order chi connectivity index (χ0) is 14.9. The van der Waals surface area contributed by atoms with E-state index in [1.807, 2.05) is 4.90 Å². The van der Waals surface area contributed by atoms with Gasteiger partial charge in [-0.05, 0) is 34.9 Å². The fourth-order valence-corrected chi connectivity index (χ4v) is 3.08. The Bertz CT molecular complexity index is 527. The average Bonchev–Trinajstić information content (AvgIpc) is 2.41. The maximum absolute atomic E-state index is 13.8. The molecule has 0 bridgehead atoms. The first-order valence-electron chi connectivity index (χ1n) is 6.58. The number of nitrogens with zero attached hydrogens (tertiary/aromatic N) is 2. The molecule has 110 valence electrons. The van der Waals surface area contributed by atoms with Gasteiger partial charge in [0.05, 0.1) is 8.49 Å². The third-order valence-electron chi connectivity index (χ3n) is 3.87. The molecule has 5 nitrogen and oxygen atoms in total. The molecule has 2 atom stereocenters. The number of nitro benzene ring substituents is 1. The highest BCUT2D eigenvalue weighted by atomic mass is 127. The Morgan fingerprint density at radius 1 is 1.60 bits per heavy atom. The third-order valence-corrected chi connectivity index (χ3v) is 4.70. The molecule has 2 N–H and O–H groups in total. The SMILES string of the molecule is CCC1CN(c2cc(F)c(I)cc2[N+](=O)[O-])CCC1N. The minimum Gasteiger partial charge on any atom is -0.366 e. The number of hydrogen-bond donors (Lipinski definition) is 1. The molecular formula is C13H17FIN3O2. The van der Waals surface area contributed by atoms with E-state index >= 15 is 0 Å². The second-order valence-electron chi connectivity index (χ2n) is 5.08. The molecule has 1 saturated heterocycles. The van der Waals surface area contributed by atoms with Crippen LogP contribution in [0.15, 0.2) is 12.1 Å². The van der Waals surface area contributed by atoms with E-state index in [2.05, 4.69) is 6.92 Å². The molecule has 1 aliphatic rings. The van der Waals surface area contributed by atoms with Crippen LogP contribution in [0.5, 0.6) is 0 Å². The number of benzene rings is 1. The summed E-state index contributed by atoms with van der Waals surface area (Å²) in [6, 6.07) is 2.67. The zero-order valence-corrected chi connectivity index (χ0v) is 13.3. The van der Waals surface area contributed by atoms with Crippen LogP contribution in [0.1, 0.15) is 19.8 Å². The van der Waals surface area contributed by atoms with Gasteiger partial charge in [-0.2, -0.15) is 0 Å². The van der Waals surface area contributed by atoms with E-state index in [4.69, 9.17) is 5.73 Å². The summed E-state index contributed by atoms with van der Waals surface area (Å²) >= 11 is 1.77. The molecule has 2 unspecified atom stereocenters. The van der Waals surface area contributed by atoms with Crippen molar-refractivity contribution in [3.05, 3.63) is 31.6 Å². The molecule has 1 aromatic rings. The molecule has 0 saturated carbocycles. The molecule has 1 fully saturated rings. The molecule has 1 aliphatic heterocycles. The number of rotatable bonds is 3. The zero-order valence-electron chi connectivity index (χ0n) is 11.2. The average molecular weight is 393 g/mol. The molecule has 1 heterocycles. The van der Waals surface area contributed by atoms with E-state index in [1.165, 1.54) is 12.1 Å². The number of nitrogens with two attached hydrogens (primary N) is 1.